The van der Waals surface area contributed by atoms with Crippen LogP contribution in [-0.2, 0) is 0 Å². The molecule has 1 saturated carbocycles. The number of rotatable bonds is 1. The first-order valence-corrected chi connectivity index (χ1v) is 7.79. The first kappa shape index (κ1) is 12.4. The molecular weight excluding hydrogens is 264 g/mol. The maximum Gasteiger partial charge on any atom is 0.223 e. The Morgan fingerprint density at radius 3 is 2.56 bits per heavy atom. The van der Waals surface area contributed by atoms with Crippen LogP contribution in [0.25, 0.3) is 10.2 Å². The Hall–Kier alpha value is -0.670. The van der Waals surface area contributed by atoms with E-state index in [-0.39, 0.29) is 0 Å². The fraction of sp³-hybridized carbons (Fsp3) is 0.571. The summed E-state index contributed by atoms with van der Waals surface area (Å²) in [6.45, 7) is 4.28. The minimum atomic E-state index is 0.406. The van der Waals surface area contributed by atoms with Gasteiger partial charge in [-0.15, -0.1) is 11.3 Å². The average Bonchev–Trinajstić information content (AvgIpc) is 2.66. The number of aryl methyl sites for hydroxylation is 2. The van der Waals surface area contributed by atoms with E-state index in [9.17, 15) is 0 Å². The lowest BCUT2D eigenvalue weighted by Gasteiger charge is -2.21. The van der Waals surface area contributed by atoms with E-state index in [1.165, 1.54) is 52.9 Å². The van der Waals surface area contributed by atoms with Crippen LogP contribution in [0.1, 0.15) is 54.2 Å². The lowest BCUT2D eigenvalue weighted by molar-refractivity contribution is 0.439. The van der Waals surface area contributed by atoms with Crippen molar-refractivity contribution in [1.82, 2.24) is 9.97 Å². The lowest BCUT2D eigenvalue weighted by Crippen LogP contribution is -2.07. The number of fused-ring (bicyclic) bond motifs is 1. The van der Waals surface area contributed by atoms with Gasteiger partial charge in [0.1, 0.15) is 0 Å². The van der Waals surface area contributed by atoms with Crippen LogP contribution in [-0.4, -0.2) is 9.97 Å². The van der Waals surface area contributed by atoms with Crippen molar-refractivity contribution in [3.05, 3.63) is 21.4 Å². The highest BCUT2D eigenvalue weighted by Crippen LogP contribution is 2.39. The van der Waals surface area contributed by atoms with Gasteiger partial charge in [-0.2, -0.15) is 0 Å². The van der Waals surface area contributed by atoms with Crippen molar-refractivity contribution in [1.29, 1.82) is 0 Å². The van der Waals surface area contributed by atoms with E-state index in [0.29, 0.717) is 11.2 Å². The Labute approximate surface area is 116 Å². The summed E-state index contributed by atoms with van der Waals surface area (Å²) in [5.41, 5.74) is 3.53. The number of aromatic nitrogens is 2. The largest absolute Gasteiger partial charge is 0.223 e. The molecule has 0 aliphatic heterocycles. The molecule has 2 nitrogen and oxygen atoms in total. The van der Waals surface area contributed by atoms with E-state index in [4.69, 9.17) is 11.6 Å². The summed E-state index contributed by atoms with van der Waals surface area (Å²) in [4.78, 5) is 10.3. The third-order valence-corrected chi connectivity index (χ3v) is 5.38. The van der Waals surface area contributed by atoms with Crippen molar-refractivity contribution >= 4 is 33.2 Å². The molecule has 0 saturated heterocycles. The number of nitrogens with zero attached hydrogens (tertiary/aromatic N) is 2. The maximum absolute atomic E-state index is 6.11. The third kappa shape index (κ3) is 2.04. The minimum absolute atomic E-state index is 0.406. The van der Waals surface area contributed by atoms with Gasteiger partial charge in [0.25, 0.3) is 0 Å². The molecule has 3 rings (SSSR count). The monoisotopic (exact) mass is 280 g/mol. The molecule has 0 amide bonds. The molecule has 0 aromatic carbocycles. The SMILES string of the molecule is Cc1sc2c(C3CCCCC3)nc(Cl)nc2c1C. The van der Waals surface area contributed by atoms with Crippen molar-refractivity contribution in [2.75, 3.05) is 0 Å². The summed E-state index contributed by atoms with van der Waals surface area (Å²) in [6.07, 6.45) is 6.49. The molecular formula is C14H17ClN2S. The van der Waals surface area contributed by atoms with Gasteiger partial charge in [-0.25, -0.2) is 9.97 Å². The van der Waals surface area contributed by atoms with Gasteiger partial charge in [-0.05, 0) is 43.9 Å². The lowest BCUT2D eigenvalue weighted by atomic mass is 9.86. The molecule has 2 aromatic heterocycles. The van der Waals surface area contributed by atoms with Crippen LogP contribution >= 0.6 is 22.9 Å². The summed E-state index contributed by atoms with van der Waals surface area (Å²) < 4.78 is 1.27. The smallest absolute Gasteiger partial charge is 0.221 e. The molecule has 96 valence electrons. The Morgan fingerprint density at radius 1 is 1.11 bits per heavy atom. The zero-order valence-corrected chi connectivity index (χ0v) is 12.4. The Morgan fingerprint density at radius 2 is 1.83 bits per heavy atom. The number of halogens is 1. The highest BCUT2D eigenvalue weighted by molar-refractivity contribution is 7.19. The molecule has 0 unspecified atom stereocenters. The molecule has 0 spiro atoms. The van der Waals surface area contributed by atoms with Gasteiger partial charge in [0.15, 0.2) is 0 Å². The summed E-state index contributed by atoms with van der Waals surface area (Å²) in [5, 5.41) is 0.406. The molecule has 0 N–H and O–H groups in total. The normalized spacial score (nSPS) is 17.5. The van der Waals surface area contributed by atoms with E-state index in [1.807, 2.05) is 11.3 Å². The van der Waals surface area contributed by atoms with Crippen LogP contribution in [0.3, 0.4) is 0 Å². The summed E-state index contributed by atoms with van der Waals surface area (Å²) >= 11 is 7.93. The first-order chi connectivity index (χ1) is 8.66. The summed E-state index contributed by atoms with van der Waals surface area (Å²) in [5.74, 6) is 0.583. The second kappa shape index (κ2) is 4.78. The molecule has 1 fully saturated rings. The zero-order chi connectivity index (χ0) is 12.7. The van der Waals surface area contributed by atoms with Crippen LogP contribution in [0.15, 0.2) is 0 Å². The molecule has 1 aliphatic carbocycles. The van der Waals surface area contributed by atoms with Crippen molar-refractivity contribution in [2.45, 2.75) is 51.9 Å². The number of thiophene rings is 1. The predicted molar refractivity (Wildman–Crippen MR) is 77.7 cm³/mol. The molecule has 0 atom stereocenters. The van der Waals surface area contributed by atoms with Crippen LogP contribution < -0.4 is 0 Å². The van der Waals surface area contributed by atoms with Crippen molar-refractivity contribution in [3.8, 4) is 0 Å². The standard InChI is InChI=1S/C14H17ClN2S/c1-8-9(2)18-13-11(8)16-14(15)17-12(13)10-6-4-3-5-7-10/h10H,3-7H2,1-2H3. The van der Waals surface area contributed by atoms with Gasteiger partial charge < -0.3 is 0 Å². The van der Waals surface area contributed by atoms with E-state index in [2.05, 4.69) is 23.8 Å². The second-order valence-electron chi connectivity index (χ2n) is 5.17. The molecule has 18 heavy (non-hydrogen) atoms. The molecule has 0 radical (unpaired) electrons. The number of hydrogen-bond donors (Lipinski definition) is 0. The van der Waals surface area contributed by atoms with Crippen LogP contribution in [0.4, 0.5) is 0 Å². The van der Waals surface area contributed by atoms with E-state index < -0.39 is 0 Å². The zero-order valence-electron chi connectivity index (χ0n) is 10.8. The molecule has 0 bridgehead atoms. The fourth-order valence-corrected chi connectivity index (χ4v) is 4.19. The average molecular weight is 281 g/mol. The molecule has 4 heteroatoms. The first-order valence-electron chi connectivity index (χ1n) is 6.60. The van der Waals surface area contributed by atoms with Crippen molar-refractivity contribution in [2.24, 2.45) is 0 Å². The number of hydrogen-bond acceptors (Lipinski definition) is 3. The van der Waals surface area contributed by atoms with Gasteiger partial charge in [-0.1, -0.05) is 19.3 Å². The minimum Gasteiger partial charge on any atom is -0.221 e. The summed E-state index contributed by atoms with van der Waals surface area (Å²) in [7, 11) is 0. The summed E-state index contributed by atoms with van der Waals surface area (Å²) in [6, 6.07) is 0. The van der Waals surface area contributed by atoms with Gasteiger partial charge >= 0.3 is 0 Å². The third-order valence-electron chi connectivity index (χ3n) is 3.99. The Bertz CT molecular complexity index is 585. The Balaban J connectivity index is 2.17. The van der Waals surface area contributed by atoms with Crippen molar-refractivity contribution in [3.63, 3.8) is 0 Å². The van der Waals surface area contributed by atoms with Crippen LogP contribution in [0.2, 0.25) is 5.28 Å². The van der Waals surface area contributed by atoms with Gasteiger partial charge in [-0.3, -0.25) is 0 Å². The highest BCUT2D eigenvalue weighted by atomic mass is 35.5. The topological polar surface area (TPSA) is 25.8 Å². The highest BCUT2D eigenvalue weighted by Gasteiger charge is 2.22. The van der Waals surface area contributed by atoms with Gasteiger partial charge in [0.2, 0.25) is 5.28 Å². The van der Waals surface area contributed by atoms with E-state index >= 15 is 0 Å². The van der Waals surface area contributed by atoms with Crippen LogP contribution in [0, 0.1) is 13.8 Å². The quantitative estimate of drug-likeness (QED) is 0.686. The second-order valence-corrected chi connectivity index (χ2v) is 6.74. The molecule has 2 heterocycles. The predicted octanol–water partition coefficient (Wildman–Crippen LogP) is 5.01. The van der Waals surface area contributed by atoms with Gasteiger partial charge in [0, 0.05) is 10.8 Å². The maximum atomic E-state index is 6.11. The molecule has 1 aliphatic rings. The Kier molecular flexibility index (Phi) is 3.29. The van der Waals surface area contributed by atoms with Crippen LogP contribution in [0.5, 0.6) is 0 Å². The fourth-order valence-electron chi connectivity index (χ4n) is 2.84. The van der Waals surface area contributed by atoms with Crippen molar-refractivity contribution < 1.29 is 0 Å². The van der Waals surface area contributed by atoms with E-state index in [1.54, 1.807) is 0 Å². The van der Waals surface area contributed by atoms with E-state index in [0.717, 1.165) is 5.52 Å². The molecule has 2 aromatic rings. The van der Waals surface area contributed by atoms with Gasteiger partial charge in [0.05, 0.1) is 15.9 Å².